The number of pyridine rings is 1. The van der Waals surface area contributed by atoms with Gasteiger partial charge in [0, 0.05) is 43.6 Å². The van der Waals surface area contributed by atoms with Gasteiger partial charge < -0.3 is 20.1 Å². The van der Waals surface area contributed by atoms with Gasteiger partial charge in [-0.05, 0) is 30.2 Å². The molecule has 0 aliphatic carbocycles. The number of amides is 2. The highest BCUT2D eigenvalue weighted by molar-refractivity contribution is 6.32. The second-order valence-corrected chi connectivity index (χ2v) is 7.05. The summed E-state index contributed by atoms with van der Waals surface area (Å²) in [5.74, 6) is -0.507. The standard InChI is InChI=1S/C20H20ClF2N3O4/c21-15-8-12(2-3-16(15)30-11-17(22)23)9-26-10-14-13(20(26)29)4-6-24-18(14)19(28)25-5-1-7-27/h2-4,6,8,17,27H,1,5,7,9-11H2,(H,25,28). The zero-order valence-corrected chi connectivity index (χ0v) is 16.7. The van der Waals surface area contributed by atoms with E-state index < -0.39 is 18.9 Å². The molecule has 2 amide bonds. The quantitative estimate of drug-likeness (QED) is 0.586. The Balaban J connectivity index is 1.71. The number of ether oxygens (including phenoxy) is 1. The van der Waals surface area contributed by atoms with E-state index in [2.05, 4.69) is 10.3 Å². The van der Waals surface area contributed by atoms with Crippen molar-refractivity contribution in [3.05, 3.63) is 57.9 Å². The monoisotopic (exact) mass is 439 g/mol. The lowest BCUT2D eigenvalue weighted by Crippen LogP contribution is -2.27. The summed E-state index contributed by atoms with van der Waals surface area (Å²) in [5, 5.41) is 11.7. The van der Waals surface area contributed by atoms with Gasteiger partial charge in [-0.3, -0.25) is 14.6 Å². The van der Waals surface area contributed by atoms with Gasteiger partial charge in [-0.25, -0.2) is 8.78 Å². The van der Waals surface area contributed by atoms with Crippen molar-refractivity contribution < 1.29 is 28.2 Å². The fraction of sp³-hybridized carbons (Fsp3) is 0.350. The molecule has 0 atom stereocenters. The Morgan fingerprint density at radius 2 is 2.17 bits per heavy atom. The van der Waals surface area contributed by atoms with E-state index >= 15 is 0 Å². The van der Waals surface area contributed by atoms with Crippen LogP contribution in [0.3, 0.4) is 0 Å². The van der Waals surface area contributed by atoms with Crippen molar-refractivity contribution in [3.63, 3.8) is 0 Å². The summed E-state index contributed by atoms with van der Waals surface area (Å²) in [4.78, 5) is 30.8. The zero-order valence-electron chi connectivity index (χ0n) is 15.9. The van der Waals surface area contributed by atoms with E-state index in [-0.39, 0.29) is 42.1 Å². The SMILES string of the molecule is O=C(NCCCO)c1nccc2c1CN(Cc1ccc(OCC(F)F)c(Cl)c1)C2=O. The predicted octanol–water partition coefficient (Wildman–Crippen LogP) is 2.65. The first-order valence-corrected chi connectivity index (χ1v) is 9.64. The van der Waals surface area contributed by atoms with Crippen LogP contribution in [0.15, 0.2) is 30.5 Å². The lowest BCUT2D eigenvalue weighted by atomic mass is 10.1. The molecule has 10 heteroatoms. The highest BCUT2D eigenvalue weighted by Gasteiger charge is 2.31. The van der Waals surface area contributed by atoms with Crippen LogP contribution in [0, 0.1) is 0 Å². The minimum absolute atomic E-state index is 0.0403. The van der Waals surface area contributed by atoms with Gasteiger partial charge in [0.2, 0.25) is 0 Å². The van der Waals surface area contributed by atoms with E-state index in [1.54, 1.807) is 23.1 Å². The number of halogens is 3. The van der Waals surface area contributed by atoms with Crippen LogP contribution in [0.1, 0.15) is 38.4 Å². The Labute approximate surface area is 176 Å². The van der Waals surface area contributed by atoms with E-state index in [9.17, 15) is 18.4 Å². The molecule has 2 heterocycles. The molecule has 0 radical (unpaired) electrons. The van der Waals surface area contributed by atoms with Crippen molar-refractivity contribution in [1.29, 1.82) is 0 Å². The number of carbonyl (C=O) groups excluding carboxylic acids is 2. The maximum Gasteiger partial charge on any atom is 0.272 e. The first-order valence-electron chi connectivity index (χ1n) is 9.26. The topological polar surface area (TPSA) is 91.8 Å². The van der Waals surface area contributed by atoms with Crippen LogP contribution in [0.25, 0.3) is 0 Å². The second kappa shape index (κ2) is 9.82. The van der Waals surface area contributed by atoms with Crippen LogP contribution in [-0.2, 0) is 13.1 Å². The predicted molar refractivity (Wildman–Crippen MR) is 105 cm³/mol. The number of hydrogen-bond acceptors (Lipinski definition) is 5. The number of hydrogen-bond donors (Lipinski definition) is 2. The van der Waals surface area contributed by atoms with Crippen LogP contribution in [0.4, 0.5) is 8.78 Å². The van der Waals surface area contributed by atoms with E-state index in [0.717, 1.165) is 0 Å². The van der Waals surface area contributed by atoms with E-state index in [1.807, 2.05) is 0 Å². The molecule has 0 unspecified atom stereocenters. The number of aliphatic hydroxyl groups is 1. The Kier molecular flexibility index (Phi) is 7.17. The molecule has 2 aromatic rings. The van der Waals surface area contributed by atoms with Crippen molar-refractivity contribution in [2.75, 3.05) is 19.8 Å². The molecule has 0 fully saturated rings. The number of aliphatic hydroxyl groups excluding tert-OH is 1. The van der Waals surface area contributed by atoms with E-state index in [4.69, 9.17) is 21.4 Å². The zero-order chi connectivity index (χ0) is 21.7. The van der Waals surface area contributed by atoms with Crippen LogP contribution in [0.2, 0.25) is 5.02 Å². The normalized spacial score (nSPS) is 13.0. The third kappa shape index (κ3) is 5.03. The minimum atomic E-state index is -2.61. The van der Waals surface area contributed by atoms with Crippen molar-refractivity contribution in [2.45, 2.75) is 25.9 Å². The number of carbonyl (C=O) groups is 2. The Bertz CT molecular complexity index is 942. The second-order valence-electron chi connectivity index (χ2n) is 6.65. The molecular formula is C20H20ClF2N3O4. The molecule has 30 heavy (non-hydrogen) atoms. The van der Waals surface area contributed by atoms with Crippen molar-refractivity contribution in [1.82, 2.24) is 15.2 Å². The summed E-state index contributed by atoms with van der Waals surface area (Å²) in [6.07, 6.45) is -0.776. The Hall–Kier alpha value is -2.78. The molecule has 7 nitrogen and oxygen atoms in total. The summed E-state index contributed by atoms with van der Waals surface area (Å²) in [6, 6.07) is 6.24. The van der Waals surface area contributed by atoms with Gasteiger partial charge in [-0.15, -0.1) is 0 Å². The maximum absolute atomic E-state index is 12.8. The smallest absolute Gasteiger partial charge is 0.272 e. The summed E-state index contributed by atoms with van der Waals surface area (Å²) in [7, 11) is 0. The molecule has 0 bridgehead atoms. The van der Waals surface area contributed by atoms with Crippen molar-refractivity contribution in [3.8, 4) is 5.75 Å². The largest absolute Gasteiger partial charge is 0.486 e. The molecule has 160 valence electrons. The summed E-state index contributed by atoms with van der Waals surface area (Å²) in [5.41, 5.74) is 1.80. The highest BCUT2D eigenvalue weighted by atomic mass is 35.5. The van der Waals surface area contributed by atoms with Gasteiger partial charge in [-0.2, -0.15) is 0 Å². The molecule has 1 aliphatic heterocycles. The number of aromatic nitrogens is 1. The molecule has 0 spiro atoms. The molecule has 1 aliphatic rings. The number of benzene rings is 1. The molecule has 1 aromatic carbocycles. The fourth-order valence-electron chi connectivity index (χ4n) is 3.11. The molecule has 1 aromatic heterocycles. The fourth-order valence-corrected chi connectivity index (χ4v) is 3.36. The highest BCUT2D eigenvalue weighted by Crippen LogP contribution is 2.29. The van der Waals surface area contributed by atoms with Crippen LogP contribution in [0.5, 0.6) is 5.75 Å². The minimum Gasteiger partial charge on any atom is -0.486 e. The van der Waals surface area contributed by atoms with Gasteiger partial charge in [0.15, 0.2) is 0 Å². The van der Waals surface area contributed by atoms with Gasteiger partial charge >= 0.3 is 0 Å². The number of nitrogens with one attached hydrogen (secondary N) is 1. The lowest BCUT2D eigenvalue weighted by Gasteiger charge is -2.17. The first kappa shape index (κ1) is 21.9. The van der Waals surface area contributed by atoms with Crippen LogP contribution in [-0.4, -0.2) is 53.0 Å². The maximum atomic E-state index is 12.8. The molecular weight excluding hydrogens is 420 g/mol. The van der Waals surface area contributed by atoms with Gasteiger partial charge in [0.1, 0.15) is 18.1 Å². The van der Waals surface area contributed by atoms with E-state index in [1.165, 1.54) is 12.3 Å². The van der Waals surface area contributed by atoms with Crippen LogP contribution < -0.4 is 10.1 Å². The number of nitrogens with zero attached hydrogens (tertiary/aromatic N) is 2. The average Bonchev–Trinajstić information content (AvgIpc) is 3.03. The molecule has 3 rings (SSSR count). The number of alkyl halides is 2. The van der Waals surface area contributed by atoms with E-state index in [0.29, 0.717) is 29.7 Å². The van der Waals surface area contributed by atoms with Crippen LogP contribution >= 0.6 is 11.6 Å². The first-order chi connectivity index (χ1) is 14.4. The van der Waals surface area contributed by atoms with Gasteiger partial charge in [0.05, 0.1) is 5.02 Å². The summed E-state index contributed by atoms with van der Waals surface area (Å²) < 4.78 is 29.5. The lowest BCUT2D eigenvalue weighted by molar-refractivity contribution is 0.0764. The molecule has 2 N–H and O–H groups in total. The molecule has 0 saturated carbocycles. The molecule has 0 saturated heterocycles. The van der Waals surface area contributed by atoms with Gasteiger partial charge in [-0.1, -0.05) is 17.7 Å². The Morgan fingerprint density at radius 1 is 1.37 bits per heavy atom. The number of fused-ring (bicyclic) bond motifs is 1. The third-order valence-corrected chi connectivity index (χ3v) is 4.79. The van der Waals surface area contributed by atoms with Crippen molar-refractivity contribution in [2.24, 2.45) is 0 Å². The number of rotatable bonds is 9. The average molecular weight is 440 g/mol. The summed E-state index contributed by atoms with van der Waals surface area (Å²) in [6.45, 7) is -0.0761. The third-order valence-electron chi connectivity index (χ3n) is 4.49. The Morgan fingerprint density at radius 3 is 2.87 bits per heavy atom. The summed E-state index contributed by atoms with van der Waals surface area (Å²) >= 11 is 6.10. The van der Waals surface area contributed by atoms with Crippen molar-refractivity contribution >= 4 is 23.4 Å². The van der Waals surface area contributed by atoms with Gasteiger partial charge in [0.25, 0.3) is 18.2 Å².